The minimum Gasteiger partial charge on any atom is -0.380 e. The van der Waals surface area contributed by atoms with Crippen molar-refractivity contribution in [2.75, 3.05) is 43.6 Å². The van der Waals surface area contributed by atoms with Crippen LogP contribution in [-0.4, -0.2) is 48.8 Å². The Balaban J connectivity index is 3.53. The highest BCUT2D eigenvalue weighted by molar-refractivity contribution is 8.03. The maximum Gasteiger partial charge on any atom is 0.0593 e. The predicted octanol–water partition coefficient (Wildman–Crippen LogP) is 1.17. The molecule has 0 saturated carbocycles. The van der Waals surface area contributed by atoms with Crippen LogP contribution < -0.4 is 11.5 Å². The molecule has 0 fully saturated rings. The molecule has 0 aromatic heterocycles. The van der Waals surface area contributed by atoms with Crippen LogP contribution in [0.1, 0.15) is 13.3 Å². The smallest absolute Gasteiger partial charge is 0.0593 e. The number of ether oxygens (including phenoxy) is 1. The standard InChI is InChI=1S/C10H24N2OS2/c1-2-5-13-8-10(15-7-4-12)9-14-6-3-11/h10H,2-9,11-12H2,1H3. The fourth-order valence-electron chi connectivity index (χ4n) is 1.04. The number of rotatable bonds is 11. The molecular weight excluding hydrogens is 228 g/mol. The molecule has 4 N–H and O–H groups in total. The van der Waals surface area contributed by atoms with Crippen molar-refractivity contribution >= 4 is 23.5 Å². The number of hydrogen-bond donors (Lipinski definition) is 2. The van der Waals surface area contributed by atoms with Gasteiger partial charge < -0.3 is 16.2 Å². The Kier molecular flexibility index (Phi) is 13.1. The van der Waals surface area contributed by atoms with Gasteiger partial charge in [0, 0.05) is 42.2 Å². The van der Waals surface area contributed by atoms with Crippen LogP contribution in [-0.2, 0) is 4.74 Å². The molecule has 0 heterocycles. The Morgan fingerprint density at radius 2 is 1.93 bits per heavy atom. The third kappa shape index (κ3) is 10.9. The molecular formula is C10H24N2OS2. The molecule has 0 aliphatic rings. The van der Waals surface area contributed by atoms with Crippen molar-refractivity contribution < 1.29 is 4.74 Å². The maximum absolute atomic E-state index is 5.57. The normalized spacial score (nSPS) is 13.0. The lowest BCUT2D eigenvalue weighted by Crippen LogP contribution is -2.19. The Morgan fingerprint density at radius 1 is 1.20 bits per heavy atom. The molecule has 0 aromatic carbocycles. The topological polar surface area (TPSA) is 61.3 Å². The van der Waals surface area contributed by atoms with Crippen LogP contribution >= 0.6 is 23.5 Å². The van der Waals surface area contributed by atoms with Gasteiger partial charge in [0.1, 0.15) is 0 Å². The third-order valence-corrected chi connectivity index (χ3v) is 4.31. The van der Waals surface area contributed by atoms with Crippen LogP contribution in [0.2, 0.25) is 0 Å². The summed E-state index contributed by atoms with van der Waals surface area (Å²) < 4.78 is 5.57. The lowest BCUT2D eigenvalue weighted by molar-refractivity contribution is 0.139. The number of nitrogens with two attached hydrogens (primary N) is 2. The summed E-state index contributed by atoms with van der Waals surface area (Å²) in [6.07, 6.45) is 1.09. The molecule has 0 amide bonds. The van der Waals surface area contributed by atoms with Crippen LogP contribution in [0.15, 0.2) is 0 Å². The summed E-state index contributed by atoms with van der Waals surface area (Å²) >= 11 is 3.81. The van der Waals surface area contributed by atoms with E-state index in [1.807, 2.05) is 23.5 Å². The summed E-state index contributed by atoms with van der Waals surface area (Å²) in [4.78, 5) is 0. The molecule has 0 bridgehead atoms. The predicted molar refractivity (Wildman–Crippen MR) is 72.8 cm³/mol. The van der Waals surface area contributed by atoms with Crippen molar-refractivity contribution in [2.45, 2.75) is 18.6 Å². The van der Waals surface area contributed by atoms with Gasteiger partial charge in [-0.25, -0.2) is 0 Å². The first-order valence-corrected chi connectivity index (χ1v) is 7.72. The van der Waals surface area contributed by atoms with Crippen molar-refractivity contribution in [1.29, 1.82) is 0 Å². The Hall–Kier alpha value is 0.580. The lowest BCUT2D eigenvalue weighted by atomic mass is 10.5. The minimum atomic E-state index is 0.566. The van der Waals surface area contributed by atoms with E-state index in [2.05, 4.69) is 6.92 Å². The minimum absolute atomic E-state index is 0.566. The van der Waals surface area contributed by atoms with Gasteiger partial charge in [0.25, 0.3) is 0 Å². The Morgan fingerprint density at radius 3 is 2.53 bits per heavy atom. The molecule has 5 heteroatoms. The van der Waals surface area contributed by atoms with Crippen LogP contribution in [0.5, 0.6) is 0 Å². The summed E-state index contributed by atoms with van der Waals surface area (Å²) in [5.41, 5.74) is 11.0. The highest BCUT2D eigenvalue weighted by Gasteiger charge is 2.08. The molecule has 0 aliphatic carbocycles. The molecule has 15 heavy (non-hydrogen) atoms. The largest absolute Gasteiger partial charge is 0.380 e. The first kappa shape index (κ1) is 15.6. The fraction of sp³-hybridized carbons (Fsp3) is 1.00. The van der Waals surface area contributed by atoms with Crippen LogP contribution in [0, 0.1) is 0 Å². The maximum atomic E-state index is 5.57. The van der Waals surface area contributed by atoms with Crippen molar-refractivity contribution in [3.05, 3.63) is 0 Å². The Bertz CT molecular complexity index is 118. The first-order valence-electron chi connectivity index (χ1n) is 5.52. The van der Waals surface area contributed by atoms with Crippen LogP contribution in [0.3, 0.4) is 0 Å². The van der Waals surface area contributed by atoms with Crippen LogP contribution in [0.4, 0.5) is 0 Å². The first-order chi connectivity index (χ1) is 7.35. The highest BCUT2D eigenvalue weighted by atomic mass is 32.2. The second-order valence-electron chi connectivity index (χ2n) is 3.22. The van der Waals surface area contributed by atoms with Gasteiger partial charge in [0.15, 0.2) is 0 Å². The fourth-order valence-corrected chi connectivity index (χ4v) is 3.06. The van der Waals surface area contributed by atoms with Crippen molar-refractivity contribution in [2.24, 2.45) is 11.5 Å². The van der Waals surface area contributed by atoms with E-state index in [4.69, 9.17) is 16.2 Å². The molecule has 0 spiro atoms. The molecule has 0 radical (unpaired) electrons. The van der Waals surface area contributed by atoms with Gasteiger partial charge in [0.05, 0.1) is 6.61 Å². The molecule has 1 atom stereocenters. The van der Waals surface area contributed by atoms with E-state index in [9.17, 15) is 0 Å². The van der Waals surface area contributed by atoms with Gasteiger partial charge in [0.2, 0.25) is 0 Å². The van der Waals surface area contributed by atoms with Gasteiger partial charge in [-0.1, -0.05) is 6.92 Å². The quantitative estimate of drug-likeness (QED) is 0.541. The monoisotopic (exact) mass is 252 g/mol. The van der Waals surface area contributed by atoms with Crippen molar-refractivity contribution in [1.82, 2.24) is 0 Å². The molecule has 3 nitrogen and oxygen atoms in total. The van der Waals surface area contributed by atoms with E-state index >= 15 is 0 Å². The zero-order valence-corrected chi connectivity index (χ0v) is 11.2. The molecule has 92 valence electrons. The molecule has 0 saturated heterocycles. The van der Waals surface area contributed by atoms with Gasteiger partial charge in [-0.3, -0.25) is 0 Å². The SMILES string of the molecule is CCCOCC(CSCCN)SCCN. The van der Waals surface area contributed by atoms with E-state index < -0.39 is 0 Å². The average Bonchev–Trinajstić information content (AvgIpc) is 2.25. The van der Waals surface area contributed by atoms with E-state index in [1.165, 1.54) is 0 Å². The third-order valence-electron chi connectivity index (χ3n) is 1.69. The molecule has 0 rings (SSSR count). The van der Waals surface area contributed by atoms with Gasteiger partial charge in [-0.2, -0.15) is 23.5 Å². The zero-order valence-electron chi connectivity index (χ0n) is 9.61. The van der Waals surface area contributed by atoms with Crippen molar-refractivity contribution in [3.63, 3.8) is 0 Å². The molecule has 0 aromatic rings. The Labute approximate surface area is 102 Å². The second-order valence-corrected chi connectivity index (χ2v) is 5.78. The van der Waals surface area contributed by atoms with Crippen LogP contribution in [0.25, 0.3) is 0 Å². The average molecular weight is 252 g/mol. The van der Waals surface area contributed by atoms with E-state index in [1.54, 1.807) is 0 Å². The number of thioether (sulfide) groups is 2. The van der Waals surface area contributed by atoms with E-state index in [0.29, 0.717) is 5.25 Å². The zero-order chi connectivity index (χ0) is 11.4. The van der Waals surface area contributed by atoms with E-state index in [0.717, 1.165) is 50.0 Å². The second kappa shape index (κ2) is 12.6. The molecule has 0 aliphatic heterocycles. The highest BCUT2D eigenvalue weighted by Crippen LogP contribution is 2.16. The lowest BCUT2D eigenvalue weighted by Gasteiger charge is -2.15. The van der Waals surface area contributed by atoms with Crippen molar-refractivity contribution in [3.8, 4) is 0 Å². The van der Waals surface area contributed by atoms with Gasteiger partial charge in [-0.15, -0.1) is 0 Å². The van der Waals surface area contributed by atoms with Gasteiger partial charge in [-0.05, 0) is 6.42 Å². The molecule has 1 unspecified atom stereocenters. The van der Waals surface area contributed by atoms with Gasteiger partial charge >= 0.3 is 0 Å². The van der Waals surface area contributed by atoms with E-state index in [-0.39, 0.29) is 0 Å². The number of hydrogen-bond acceptors (Lipinski definition) is 5. The summed E-state index contributed by atoms with van der Waals surface area (Å²) in [5.74, 6) is 3.17. The summed E-state index contributed by atoms with van der Waals surface area (Å²) in [6, 6.07) is 0. The summed E-state index contributed by atoms with van der Waals surface area (Å²) in [7, 11) is 0. The summed E-state index contributed by atoms with van der Waals surface area (Å²) in [6.45, 7) is 5.34. The summed E-state index contributed by atoms with van der Waals surface area (Å²) in [5, 5.41) is 0.566.